The van der Waals surface area contributed by atoms with Crippen molar-refractivity contribution in [2.24, 2.45) is 0 Å². The van der Waals surface area contributed by atoms with Crippen LogP contribution in [0.15, 0.2) is 0 Å². The summed E-state index contributed by atoms with van der Waals surface area (Å²) in [4.78, 5) is 14.5. The van der Waals surface area contributed by atoms with Crippen molar-refractivity contribution in [1.29, 1.82) is 0 Å². The van der Waals surface area contributed by atoms with Crippen LogP contribution >= 0.6 is 0 Å². The molecule has 20 heavy (non-hydrogen) atoms. The van der Waals surface area contributed by atoms with E-state index in [-0.39, 0.29) is 18.0 Å². The van der Waals surface area contributed by atoms with E-state index < -0.39 is 5.79 Å². The van der Waals surface area contributed by atoms with Gasteiger partial charge in [0.25, 0.3) is 0 Å². The summed E-state index contributed by atoms with van der Waals surface area (Å²) in [5, 5.41) is 3.09. The first-order valence-corrected chi connectivity index (χ1v) is 7.88. The Morgan fingerprint density at radius 1 is 1.35 bits per heavy atom. The fourth-order valence-corrected chi connectivity index (χ4v) is 3.12. The van der Waals surface area contributed by atoms with Gasteiger partial charge in [-0.3, -0.25) is 9.69 Å². The molecule has 1 spiro atoms. The predicted octanol–water partition coefficient (Wildman–Crippen LogP) is 1.52. The van der Waals surface area contributed by atoms with E-state index in [4.69, 9.17) is 9.47 Å². The number of likely N-dealkylation sites (tertiary alicyclic amines) is 1. The highest BCUT2D eigenvalue weighted by Crippen LogP contribution is 2.30. The molecular formula is C15H28N2O3. The minimum Gasteiger partial charge on any atom is -0.352 e. The molecule has 2 heterocycles. The van der Waals surface area contributed by atoms with Crippen LogP contribution < -0.4 is 5.32 Å². The van der Waals surface area contributed by atoms with Gasteiger partial charge in [-0.05, 0) is 33.2 Å². The van der Waals surface area contributed by atoms with E-state index in [0.717, 1.165) is 32.2 Å². The molecule has 5 heteroatoms. The number of piperidine rings is 1. The summed E-state index contributed by atoms with van der Waals surface area (Å²) in [6.07, 6.45) is 4.06. The van der Waals surface area contributed by atoms with Gasteiger partial charge in [0.05, 0.1) is 25.8 Å². The highest BCUT2D eigenvalue weighted by molar-refractivity contribution is 5.81. The SMILES string of the molecule is CCCC(C)NC(=O)C(C)N1CCCC2(C1)OCCO2. The second-order valence-corrected chi connectivity index (χ2v) is 6.06. The lowest BCUT2D eigenvalue weighted by Crippen LogP contribution is -2.56. The second kappa shape index (κ2) is 6.87. The van der Waals surface area contributed by atoms with Gasteiger partial charge in [0, 0.05) is 12.5 Å². The summed E-state index contributed by atoms with van der Waals surface area (Å²) < 4.78 is 11.5. The van der Waals surface area contributed by atoms with Gasteiger partial charge in [0.15, 0.2) is 5.79 Å². The molecule has 5 nitrogen and oxygen atoms in total. The van der Waals surface area contributed by atoms with Gasteiger partial charge in [-0.2, -0.15) is 0 Å². The minimum atomic E-state index is -0.457. The normalized spacial score (nSPS) is 25.6. The lowest BCUT2D eigenvalue weighted by molar-refractivity contribution is -0.193. The number of carbonyl (C=O) groups excluding carboxylic acids is 1. The number of amides is 1. The summed E-state index contributed by atoms with van der Waals surface area (Å²) in [5.74, 6) is -0.344. The van der Waals surface area contributed by atoms with Crippen molar-refractivity contribution < 1.29 is 14.3 Å². The van der Waals surface area contributed by atoms with Crippen LogP contribution in [-0.4, -0.2) is 55.0 Å². The zero-order valence-corrected chi connectivity index (χ0v) is 13.0. The molecule has 2 unspecified atom stereocenters. The average molecular weight is 284 g/mol. The van der Waals surface area contributed by atoms with Crippen molar-refractivity contribution in [3.05, 3.63) is 0 Å². The van der Waals surface area contributed by atoms with Crippen LogP contribution in [0.25, 0.3) is 0 Å². The molecule has 0 aromatic rings. The van der Waals surface area contributed by atoms with E-state index in [1.807, 2.05) is 6.92 Å². The quantitative estimate of drug-likeness (QED) is 0.831. The molecule has 0 saturated carbocycles. The van der Waals surface area contributed by atoms with E-state index in [1.165, 1.54) is 0 Å². The fraction of sp³-hybridized carbons (Fsp3) is 0.933. The van der Waals surface area contributed by atoms with Crippen molar-refractivity contribution >= 4 is 5.91 Å². The first kappa shape index (κ1) is 15.7. The van der Waals surface area contributed by atoms with Gasteiger partial charge in [0.2, 0.25) is 5.91 Å². The molecule has 0 bridgehead atoms. The first-order chi connectivity index (χ1) is 9.56. The summed E-state index contributed by atoms with van der Waals surface area (Å²) in [6, 6.07) is 0.118. The summed E-state index contributed by atoms with van der Waals surface area (Å²) in [5.41, 5.74) is 0. The fourth-order valence-electron chi connectivity index (χ4n) is 3.12. The van der Waals surface area contributed by atoms with E-state index in [1.54, 1.807) is 0 Å². The Hall–Kier alpha value is -0.650. The van der Waals surface area contributed by atoms with E-state index in [9.17, 15) is 4.79 Å². The van der Waals surface area contributed by atoms with Crippen LogP contribution in [0.2, 0.25) is 0 Å². The third-order valence-corrected chi connectivity index (χ3v) is 4.30. The van der Waals surface area contributed by atoms with Crippen molar-refractivity contribution in [2.75, 3.05) is 26.3 Å². The second-order valence-electron chi connectivity index (χ2n) is 6.06. The molecule has 2 aliphatic rings. The highest BCUT2D eigenvalue weighted by atomic mass is 16.7. The van der Waals surface area contributed by atoms with E-state index in [0.29, 0.717) is 19.8 Å². The van der Waals surface area contributed by atoms with Gasteiger partial charge in [-0.1, -0.05) is 13.3 Å². The number of hydrogen-bond donors (Lipinski definition) is 1. The van der Waals surface area contributed by atoms with Crippen molar-refractivity contribution in [2.45, 2.75) is 64.3 Å². The number of ether oxygens (including phenoxy) is 2. The Labute approximate surface area is 122 Å². The topological polar surface area (TPSA) is 50.8 Å². The molecule has 116 valence electrons. The van der Waals surface area contributed by atoms with Crippen molar-refractivity contribution in [3.8, 4) is 0 Å². The molecule has 0 radical (unpaired) electrons. The van der Waals surface area contributed by atoms with Gasteiger partial charge >= 0.3 is 0 Å². The van der Waals surface area contributed by atoms with Crippen LogP contribution in [0.3, 0.4) is 0 Å². The van der Waals surface area contributed by atoms with Gasteiger partial charge < -0.3 is 14.8 Å². The van der Waals surface area contributed by atoms with Crippen LogP contribution in [0.5, 0.6) is 0 Å². The number of carbonyl (C=O) groups is 1. The number of nitrogens with zero attached hydrogens (tertiary/aromatic N) is 1. The van der Waals surface area contributed by atoms with Crippen LogP contribution in [0.1, 0.15) is 46.5 Å². The molecule has 2 rings (SSSR count). The van der Waals surface area contributed by atoms with Crippen LogP contribution in [0, 0.1) is 0 Å². The third-order valence-electron chi connectivity index (χ3n) is 4.30. The third kappa shape index (κ3) is 3.71. The number of nitrogens with one attached hydrogen (secondary N) is 1. The highest BCUT2D eigenvalue weighted by Gasteiger charge is 2.42. The Morgan fingerprint density at radius 2 is 2.05 bits per heavy atom. The molecule has 0 aromatic carbocycles. The lowest BCUT2D eigenvalue weighted by Gasteiger charge is -2.41. The average Bonchev–Trinajstić information content (AvgIpc) is 2.86. The first-order valence-electron chi connectivity index (χ1n) is 7.88. The Kier molecular flexibility index (Phi) is 5.41. The van der Waals surface area contributed by atoms with Gasteiger partial charge in [-0.15, -0.1) is 0 Å². The molecule has 2 aliphatic heterocycles. The molecule has 0 aromatic heterocycles. The Morgan fingerprint density at radius 3 is 2.70 bits per heavy atom. The lowest BCUT2D eigenvalue weighted by atomic mass is 10.0. The molecule has 2 atom stereocenters. The zero-order chi connectivity index (χ0) is 14.6. The van der Waals surface area contributed by atoms with E-state index in [2.05, 4.69) is 24.1 Å². The Balaban J connectivity index is 1.87. The smallest absolute Gasteiger partial charge is 0.237 e. The van der Waals surface area contributed by atoms with Crippen LogP contribution in [-0.2, 0) is 14.3 Å². The van der Waals surface area contributed by atoms with E-state index >= 15 is 0 Å². The molecule has 0 aliphatic carbocycles. The molecule has 1 N–H and O–H groups in total. The van der Waals surface area contributed by atoms with Gasteiger partial charge in [0.1, 0.15) is 0 Å². The molecule has 2 saturated heterocycles. The zero-order valence-electron chi connectivity index (χ0n) is 13.0. The molecule has 2 fully saturated rings. The maximum atomic E-state index is 12.3. The minimum absolute atomic E-state index is 0.112. The van der Waals surface area contributed by atoms with Gasteiger partial charge in [-0.25, -0.2) is 0 Å². The summed E-state index contributed by atoms with van der Waals surface area (Å²) >= 11 is 0. The number of hydrogen-bond acceptors (Lipinski definition) is 4. The van der Waals surface area contributed by atoms with Crippen LogP contribution in [0.4, 0.5) is 0 Å². The largest absolute Gasteiger partial charge is 0.352 e. The predicted molar refractivity (Wildman–Crippen MR) is 77.4 cm³/mol. The summed E-state index contributed by atoms with van der Waals surface area (Å²) in [7, 11) is 0. The maximum Gasteiger partial charge on any atom is 0.237 e. The summed E-state index contributed by atoms with van der Waals surface area (Å²) in [6.45, 7) is 9.14. The Bertz CT molecular complexity index is 329. The molecular weight excluding hydrogens is 256 g/mol. The molecule has 1 amide bonds. The number of rotatable bonds is 5. The maximum absolute atomic E-state index is 12.3. The van der Waals surface area contributed by atoms with Crippen molar-refractivity contribution in [3.63, 3.8) is 0 Å². The monoisotopic (exact) mass is 284 g/mol. The standard InChI is InChI=1S/C15H28N2O3/c1-4-6-12(2)16-14(18)13(3)17-8-5-7-15(11-17)19-9-10-20-15/h12-13H,4-11H2,1-3H3,(H,16,18). The van der Waals surface area contributed by atoms with Crippen molar-refractivity contribution in [1.82, 2.24) is 10.2 Å².